The van der Waals surface area contributed by atoms with Gasteiger partial charge in [-0.15, -0.1) is 0 Å². The van der Waals surface area contributed by atoms with E-state index in [0.717, 1.165) is 6.07 Å². The van der Waals surface area contributed by atoms with Crippen molar-refractivity contribution in [3.8, 4) is 0 Å². The van der Waals surface area contributed by atoms with E-state index in [4.69, 9.17) is 0 Å². The molecule has 8 heteroatoms. The van der Waals surface area contributed by atoms with Gasteiger partial charge in [-0.05, 0) is 18.2 Å². The molecule has 0 atom stereocenters. The lowest BCUT2D eigenvalue weighted by atomic mass is 10.2. The number of anilines is 2. The highest BCUT2D eigenvalue weighted by Crippen LogP contribution is 2.29. The first-order valence-electron chi connectivity index (χ1n) is 6.86. The Hall–Kier alpha value is -2.77. The Morgan fingerprint density at radius 1 is 1.09 bits per heavy atom. The van der Waals surface area contributed by atoms with Gasteiger partial charge in [0.2, 0.25) is 5.95 Å². The zero-order valence-corrected chi connectivity index (χ0v) is 11.7. The van der Waals surface area contributed by atoms with Gasteiger partial charge in [0.05, 0.1) is 11.0 Å². The largest absolute Gasteiger partial charge is 0.362 e. The Morgan fingerprint density at radius 2 is 1.73 bits per heavy atom. The van der Waals surface area contributed by atoms with Crippen LogP contribution in [0.3, 0.4) is 0 Å². The summed E-state index contributed by atoms with van der Waals surface area (Å²) in [5, 5.41) is 11.1. The Bertz CT molecular complexity index is 674. The minimum Gasteiger partial charge on any atom is -0.362 e. The SMILES string of the molecule is O=[N+]([O-])c1cc(F)ccc1N1CCN(c2ncccn2)CC1. The van der Waals surface area contributed by atoms with Crippen LogP contribution >= 0.6 is 0 Å². The van der Waals surface area contributed by atoms with Crippen LogP contribution in [0.5, 0.6) is 0 Å². The second-order valence-electron chi connectivity index (χ2n) is 4.91. The topological polar surface area (TPSA) is 75.4 Å². The lowest BCUT2D eigenvalue weighted by Crippen LogP contribution is -2.47. The van der Waals surface area contributed by atoms with Crippen molar-refractivity contribution in [3.63, 3.8) is 0 Å². The van der Waals surface area contributed by atoms with E-state index in [1.165, 1.54) is 12.1 Å². The molecule has 7 nitrogen and oxygen atoms in total. The van der Waals surface area contributed by atoms with Crippen LogP contribution in [0.4, 0.5) is 21.7 Å². The third-order valence-corrected chi connectivity index (χ3v) is 3.59. The standard InChI is InChI=1S/C14H14FN5O2/c15-11-2-3-12(13(10-11)20(21)22)18-6-8-19(9-7-18)14-16-4-1-5-17-14/h1-5,10H,6-9H2. The number of halogens is 1. The average molecular weight is 303 g/mol. The van der Waals surface area contributed by atoms with E-state index >= 15 is 0 Å². The third kappa shape index (κ3) is 2.80. The normalized spacial score (nSPS) is 15.0. The molecule has 3 rings (SSSR count). The van der Waals surface area contributed by atoms with Gasteiger partial charge in [0.25, 0.3) is 5.69 Å². The number of hydrogen-bond acceptors (Lipinski definition) is 6. The smallest absolute Gasteiger partial charge is 0.295 e. The molecule has 1 fully saturated rings. The van der Waals surface area contributed by atoms with Crippen LogP contribution in [0.25, 0.3) is 0 Å². The van der Waals surface area contributed by atoms with E-state index in [2.05, 4.69) is 9.97 Å². The highest BCUT2D eigenvalue weighted by Gasteiger charge is 2.25. The lowest BCUT2D eigenvalue weighted by Gasteiger charge is -2.35. The van der Waals surface area contributed by atoms with Crippen LogP contribution in [-0.4, -0.2) is 41.1 Å². The van der Waals surface area contributed by atoms with Crippen LogP contribution in [0.2, 0.25) is 0 Å². The molecule has 0 radical (unpaired) electrons. The molecule has 1 aromatic heterocycles. The molecule has 1 aromatic carbocycles. The van der Waals surface area contributed by atoms with Crippen LogP contribution in [0, 0.1) is 15.9 Å². The van der Waals surface area contributed by atoms with Crippen molar-refractivity contribution < 1.29 is 9.31 Å². The van der Waals surface area contributed by atoms with Crippen molar-refractivity contribution in [2.75, 3.05) is 36.0 Å². The molecule has 0 unspecified atom stereocenters. The maximum absolute atomic E-state index is 13.2. The van der Waals surface area contributed by atoms with E-state index in [1.54, 1.807) is 18.5 Å². The summed E-state index contributed by atoms with van der Waals surface area (Å²) in [5.41, 5.74) is 0.240. The van der Waals surface area contributed by atoms with E-state index in [1.807, 2.05) is 9.80 Å². The van der Waals surface area contributed by atoms with Crippen molar-refractivity contribution >= 4 is 17.3 Å². The summed E-state index contributed by atoms with van der Waals surface area (Å²) >= 11 is 0. The van der Waals surface area contributed by atoms with Gasteiger partial charge in [-0.1, -0.05) is 0 Å². The molecule has 22 heavy (non-hydrogen) atoms. The highest BCUT2D eigenvalue weighted by atomic mass is 19.1. The number of nitrogens with zero attached hydrogens (tertiary/aromatic N) is 5. The fourth-order valence-corrected chi connectivity index (χ4v) is 2.51. The lowest BCUT2D eigenvalue weighted by molar-refractivity contribution is -0.384. The third-order valence-electron chi connectivity index (χ3n) is 3.59. The Kier molecular flexibility index (Phi) is 3.82. The molecule has 0 amide bonds. The molecule has 0 saturated carbocycles. The Balaban J connectivity index is 1.76. The molecule has 0 N–H and O–H groups in total. The number of nitro groups is 1. The number of hydrogen-bond donors (Lipinski definition) is 0. The zero-order valence-electron chi connectivity index (χ0n) is 11.7. The summed E-state index contributed by atoms with van der Waals surface area (Å²) in [6, 6.07) is 5.42. The van der Waals surface area contributed by atoms with Gasteiger partial charge in [0.15, 0.2) is 0 Å². The molecule has 2 heterocycles. The van der Waals surface area contributed by atoms with E-state index in [9.17, 15) is 14.5 Å². The summed E-state index contributed by atoms with van der Waals surface area (Å²) in [4.78, 5) is 22.8. The fraction of sp³-hybridized carbons (Fsp3) is 0.286. The number of piperazine rings is 1. The van der Waals surface area contributed by atoms with Crippen molar-refractivity contribution in [2.45, 2.75) is 0 Å². The minimum absolute atomic E-state index is 0.204. The molecule has 0 spiro atoms. The maximum atomic E-state index is 13.2. The Labute approximate surface area is 126 Å². The van der Waals surface area contributed by atoms with E-state index in [0.29, 0.717) is 37.8 Å². The average Bonchev–Trinajstić information content (AvgIpc) is 2.56. The number of nitro benzene ring substituents is 1. The molecular weight excluding hydrogens is 289 g/mol. The summed E-state index contributed by atoms with van der Waals surface area (Å²) < 4.78 is 13.2. The van der Waals surface area contributed by atoms with Crippen molar-refractivity contribution in [1.29, 1.82) is 0 Å². The molecule has 0 aliphatic carbocycles. The maximum Gasteiger partial charge on any atom is 0.295 e. The van der Waals surface area contributed by atoms with Gasteiger partial charge < -0.3 is 9.80 Å². The summed E-state index contributed by atoms with van der Waals surface area (Å²) in [7, 11) is 0. The highest BCUT2D eigenvalue weighted by molar-refractivity contribution is 5.64. The molecule has 1 saturated heterocycles. The predicted molar refractivity (Wildman–Crippen MR) is 79.5 cm³/mol. The van der Waals surface area contributed by atoms with Gasteiger partial charge in [-0.3, -0.25) is 10.1 Å². The zero-order chi connectivity index (χ0) is 15.5. The monoisotopic (exact) mass is 303 g/mol. The molecule has 114 valence electrons. The first kappa shape index (κ1) is 14.2. The predicted octanol–water partition coefficient (Wildman–Crippen LogP) is 1.85. The molecular formula is C14H14FN5O2. The molecule has 2 aromatic rings. The van der Waals surface area contributed by atoms with Crippen molar-refractivity contribution in [2.24, 2.45) is 0 Å². The fourth-order valence-electron chi connectivity index (χ4n) is 2.51. The van der Waals surface area contributed by atoms with Gasteiger partial charge >= 0.3 is 0 Å². The summed E-state index contributed by atoms with van der Waals surface area (Å²) in [5.74, 6) is 0.0440. The van der Waals surface area contributed by atoms with Crippen LogP contribution in [0.15, 0.2) is 36.7 Å². The first-order valence-corrected chi connectivity index (χ1v) is 6.86. The van der Waals surface area contributed by atoms with E-state index < -0.39 is 10.7 Å². The summed E-state index contributed by atoms with van der Waals surface area (Å²) in [6.07, 6.45) is 3.36. The van der Waals surface area contributed by atoms with Crippen molar-refractivity contribution in [3.05, 3.63) is 52.6 Å². The first-order chi connectivity index (χ1) is 10.6. The van der Waals surface area contributed by atoms with E-state index in [-0.39, 0.29) is 5.69 Å². The number of benzene rings is 1. The van der Waals surface area contributed by atoms with Crippen LogP contribution in [0.1, 0.15) is 0 Å². The second kappa shape index (κ2) is 5.92. The number of aromatic nitrogens is 2. The molecule has 1 aliphatic heterocycles. The Morgan fingerprint density at radius 3 is 2.36 bits per heavy atom. The molecule has 0 bridgehead atoms. The summed E-state index contributed by atoms with van der Waals surface area (Å²) in [6.45, 7) is 2.48. The van der Waals surface area contributed by atoms with Crippen molar-refractivity contribution in [1.82, 2.24) is 9.97 Å². The van der Waals surface area contributed by atoms with Crippen LogP contribution < -0.4 is 9.80 Å². The van der Waals surface area contributed by atoms with Gasteiger partial charge in [-0.25, -0.2) is 14.4 Å². The minimum atomic E-state index is -0.605. The van der Waals surface area contributed by atoms with Gasteiger partial charge in [0.1, 0.15) is 11.5 Å². The quantitative estimate of drug-likeness (QED) is 0.636. The number of rotatable bonds is 3. The second-order valence-corrected chi connectivity index (χ2v) is 4.91. The molecule has 1 aliphatic rings. The van der Waals surface area contributed by atoms with Gasteiger partial charge in [0, 0.05) is 38.6 Å². The van der Waals surface area contributed by atoms with Gasteiger partial charge in [-0.2, -0.15) is 0 Å². The van der Waals surface area contributed by atoms with Crippen LogP contribution in [-0.2, 0) is 0 Å².